The van der Waals surface area contributed by atoms with Crippen molar-refractivity contribution in [2.75, 3.05) is 0 Å². The fourth-order valence-corrected chi connectivity index (χ4v) is 2.42. The zero-order valence-electron chi connectivity index (χ0n) is 10.2. The van der Waals surface area contributed by atoms with Gasteiger partial charge in [-0.3, -0.25) is 9.59 Å². The van der Waals surface area contributed by atoms with Crippen LogP contribution in [0.3, 0.4) is 0 Å². The highest BCUT2D eigenvalue weighted by molar-refractivity contribution is 7.11. The number of H-pyrrole nitrogens is 1. The van der Waals surface area contributed by atoms with E-state index in [0.29, 0.717) is 6.54 Å². The van der Waals surface area contributed by atoms with Crippen LogP contribution in [0.4, 0.5) is 0 Å². The van der Waals surface area contributed by atoms with Gasteiger partial charge in [0.25, 0.3) is 5.91 Å². The number of carbonyl (C=O) groups excluding carboxylic acids is 1. The van der Waals surface area contributed by atoms with E-state index in [4.69, 9.17) is 0 Å². The summed E-state index contributed by atoms with van der Waals surface area (Å²) in [7, 11) is 0. The van der Waals surface area contributed by atoms with Gasteiger partial charge in [0.1, 0.15) is 5.56 Å². The third kappa shape index (κ3) is 2.87. The Morgan fingerprint density at radius 3 is 2.78 bits per heavy atom. The number of aromatic nitrogens is 1. The summed E-state index contributed by atoms with van der Waals surface area (Å²) in [6, 6.07) is 5.40. The summed E-state index contributed by atoms with van der Waals surface area (Å²) in [5.74, 6) is -0.345. The molecule has 2 aromatic rings. The third-order valence-electron chi connectivity index (χ3n) is 2.52. The van der Waals surface area contributed by atoms with Crippen molar-refractivity contribution in [3.8, 4) is 0 Å². The van der Waals surface area contributed by atoms with Crippen molar-refractivity contribution in [2.45, 2.75) is 20.4 Å². The van der Waals surface area contributed by atoms with E-state index >= 15 is 0 Å². The van der Waals surface area contributed by atoms with Crippen LogP contribution >= 0.6 is 11.3 Å². The fraction of sp³-hybridized carbons (Fsp3) is 0.231. The number of thiophene rings is 1. The maximum Gasteiger partial charge on any atom is 0.257 e. The molecule has 4 nitrogen and oxygen atoms in total. The van der Waals surface area contributed by atoms with E-state index in [1.165, 1.54) is 17.1 Å². The van der Waals surface area contributed by atoms with Crippen LogP contribution in [-0.2, 0) is 6.54 Å². The minimum Gasteiger partial charge on any atom is -0.364 e. The van der Waals surface area contributed by atoms with Gasteiger partial charge >= 0.3 is 0 Å². The number of carbonyl (C=O) groups is 1. The van der Waals surface area contributed by atoms with Crippen LogP contribution in [0.1, 0.15) is 25.8 Å². The quantitative estimate of drug-likeness (QED) is 0.888. The summed E-state index contributed by atoms with van der Waals surface area (Å²) < 4.78 is 0. The van der Waals surface area contributed by atoms with Crippen molar-refractivity contribution in [1.82, 2.24) is 10.3 Å². The average molecular weight is 262 g/mol. The lowest BCUT2D eigenvalue weighted by Gasteiger charge is -2.03. The topological polar surface area (TPSA) is 62.0 Å². The minimum atomic E-state index is -0.345. The largest absolute Gasteiger partial charge is 0.364 e. The molecule has 0 aromatic carbocycles. The first-order valence-corrected chi connectivity index (χ1v) is 6.41. The minimum absolute atomic E-state index is 0.147. The summed E-state index contributed by atoms with van der Waals surface area (Å²) in [4.78, 5) is 28.6. The highest BCUT2D eigenvalue weighted by atomic mass is 32.1. The Bertz CT molecular complexity index is 628. The molecule has 2 rings (SSSR count). The van der Waals surface area contributed by atoms with Crippen molar-refractivity contribution in [3.63, 3.8) is 0 Å². The second-order valence-electron chi connectivity index (χ2n) is 4.09. The van der Waals surface area contributed by atoms with E-state index in [9.17, 15) is 9.59 Å². The van der Waals surface area contributed by atoms with Crippen molar-refractivity contribution < 1.29 is 4.79 Å². The number of hydrogen-bond acceptors (Lipinski definition) is 3. The Kier molecular flexibility index (Phi) is 3.62. The maximum atomic E-state index is 11.8. The van der Waals surface area contributed by atoms with Crippen molar-refractivity contribution in [3.05, 3.63) is 55.6 Å². The number of aryl methyl sites for hydroxylation is 2. The number of hydrogen-bond donors (Lipinski definition) is 2. The predicted octanol–water partition coefficient (Wildman–Crippen LogP) is 1.98. The standard InChI is InChI=1S/C13H14N2O2S/c1-8-5-12(16)11(7-14-8)13(17)15-6-10-4-3-9(2)18-10/h3-5,7H,6H2,1-2H3,(H,14,16)(H,15,17). The Morgan fingerprint density at radius 1 is 1.39 bits per heavy atom. The number of pyridine rings is 1. The summed E-state index contributed by atoms with van der Waals surface area (Å²) >= 11 is 1.63. The summed E-state index contributed by atoms with van der Waals surface area (Å²) in [6.45, 7) is 4.24. The van der Waals surface area contributed by atoms with Crippen LogP contribution in [0.5, 0.6) is 0 Å². The monoisotopic (exact) mass is 262 g/mol. The fourth-order valence-electron chi connectivity index (χ4n) is 1.59. The molecule has 5 heteroatoms. The SMILES string of the molecule is Cc1cc(=O)c(C(=O)NCc2ccc(C)s2)c[nH]1. The Labute approximate surface area is 109 Å². The summed E-state index contributed by atoms with van der Waals surface area (Å²) in [5.41, 5.74) is 0.630. The summed E-state index contributed by atoms with van der Waals surface area (Å²) in [5, 5.41) is 2.74. The van der Waals surface area contributed by atoms with Crippen LogP contribution in [0, 0.1) is 13.8 Å². The molecule has 0 unspecified atom stereocenters. The molecule has 1 amide bonds. The van der Waals surface area contributed by atoms with Gasteiger partial charge < -0.3 is 10.3 Å². The van der Waals surface area contributed by atoms with Gasteiger partial charge in [0.05, 0.1) is 6.54 Å². The molecule has 0 fully saturated rings. The molecule has 0 radical (unpaired) electrons. The van der Waals surface area contributed by atoms with Gasteiger partial charge in [-0.05, 0) is 26.0 Å². The van der Waals surface area contributed by atoms with Gasteiger partial charge in [0.2, 0.25) is 0 Å². The van der Waals surface area contributed by atoms with E-state index in [1.54, 1.807) is 18.3 Å². The number of amides is 1. The molecular weight excluding hydrogens is 248 g/mol. The van der Waals surface area contributed by atoms with Crippen molar-refractivity contribution in [1.29, 1.82) is 0 Å². The molecule has 0 aliphatic heterocycles. The van der Waals surface area contributed by atoms with E-state index in [2.05, 4.69) is 10.3 Å². The van der Waals surface area contributed by atoms with Gasteiger partial charge in [-0.1, -0.05) is 0 Å². The second-order valence-corrected chi connectivity index (χ2v) is 5.46. The van der Waals surface area contributed by atoms with E-state index in [1.807, 2.05) is 19.1 Å². The molecule has 0 saturated carbocycles. The molecule has 0 aliphatic carbocycles. The highest BCUT2D eigenvalue weighted by Gasteiger charge is 2.10. The normalized spacial score (nSPS) is 10.3. The van der Waals surface area contributed by atoms with E-state index < -0.39 is 0 Å². The Hall–Kier alpha value is -1.88. The molecule has 94 valence electrons. The van der Waals surface area contributed by atoms with Crippen LogP contribution in [0.15, 0.2) is 29.2 Å². The third-order valence-corrected chi connectivity index (χ3v) is 3.52. The molecule has 0 spiro atoms. The molecular formula is C13H14N2O2S. The van der Waals surface area contributed by atoms with E-state index in [-0.39, 0.29) is 16.9 Å². The van der Waals surface area contributed by atoms with Gasteiger partial charge in [0.15, 0.2) is 5.43 Å². The van der Waals surface area contributed by atoms with Crippen LogP contribution < -0.4 is 10.7 Å². The highest BCUT2D eigenvalue weighted by Crippen LogP contribution is 2.14. The van der Waals surface area contributed by atoms with Crippen molar-refractivity contribution in [2.24, 2.45) is 0 Å². The van der Waals surface area contributed by atoms with Gasteiger partial charge in [0, 0.05) is 27.7 Å². The molecule has 0 atom stereocenters. The average Bonchev–Trinajstić information content (AvgIpc) is 2.72. The zero-order chi connectivity index (χ0) is 13.1. The lowest BCUT2D eigenvalue weighted by Crippen LogP contribution is -2.28. The first-order chi connectivity index (χ1) is 8.56. The molecule has 0 aliphatic rings. The van der Waals surface area contributed by atoms with Crippen molar-refractivity contribution >= 4 is 17.2 Å². The first-order valence-electron chi connectivity index (χ1n) is 5.59. The number of rotatable bonds is 3. The smallest absolute Gasteiger partial charge is 0.257 e. The maximum absolute atomic E-state index is 11.8. The number of aromatic amines is 1. The summed E-state index contributed by atoms with van der Waals surface area (Å²) in [6.07, 6.45) is 1.45. The van der Waals surface area contributed by atoms with Gasteiger partial charge in [-0.25, -0.2) is 0 Å². The molecule has 0 bridgehead atoms. The lowest BCUT2D eigenvalue weighted by atomic mass is 10.2. The second kappa shape index (κ2) is 5.18. The molecule has 0 saturated heterocycles. The predicted molar refractivity (Wildman–Crippen MR) is 72.0 cm³/mol. The Balaban J connectivity index is 2.06. The Morgan fingerprint density at radius 2 is 2.17 bits per heavy atom. The van der Waals surface area contributed by atoms with Crippen LogP contribution in [0.25, 0.3) is 0 Å². The van der Waals surface area contributed by atoms with Crippen LogP contribution in [-0.4, -0.2) is 10.9 Å². The van der Waals surface area contributed by atoms with E-state index in [0.717, 1.165) is 10.6 Å². The molecule has 2 N–H and O–H groups in total. The number of nitrogens with one attached hydrogen (secondary N) is 2. The first kappa shape index (κ1) is 12.6. The molecule has 2 heterocycles. The van der Waals surface area contributed by atoms with Gasteiger partial charge in [-0.15, -0.1) is 11.3 Å². The zero-order valence-corrected chi connectivity index (χ0v) is 11.1. The lowest BCUT2D eigenvalue weighted by molar-refractivity contribution is 0.0950. The van der Waals surface area contributed by atoms with Gasteiger partial charge in [-0.2, -0.15) is 0 Å². The molecule has 18 heavy (non-hydrogen) atoms. The van der Waals surface area contributed by atoms with Crippen LogP contribution in [0.2, 0.25) is 0 Å². The molecule has 2 aromatic heterocycles.